The molecule has 2 aromatic rings. The smallest absolute Gasteiger partial charge is 0.177 e. The van der Waals surface area contributed by atoms with E-state index in [4.69, 9.17) is 10.00 Å². The lowest BCUT2D eigenvalue weighted by Gasteiger charge is -2.11. The molecule has 6 nitrogen and oxygen atoms in total. The number of nitriles is 2. The van der Waals surface area contributed by atoms with E-state index >= 15 is 0 Å². The van der Waals surface area contributed by atoms with Gasteiger partial charge in [0.15, 0.2) is 11.4 Å². The minimum Gasteiger partial charge on any atom is -0.383 e. The van der Waals surface area contributed by atoms with Crippen LogP contribution in [0.2, 0.25) is 0 Å². The third-order valence-electron chi connectivity index (χ3n) is 3.03. The molecule has 1 aromatic heterocycles. The average molecular weight is 281 g/mol. The van der Waals surface area contributed by atoms with Gasteiger partial charge in [-0.15, -0.1) is 0 Å². The summed E-state index contributed by atoms with van der Waals surface area (Å²) in [6, 6.07) is 11.7. The van der Waals surface area contributed by atoms with Crippen LogP contribution in [0.3, 0.4) is 0 Å². The third kappa shape index (κ3) is 3.26. The van der Waals surface area contributed by atoms with Gasteiger partial charge in [0, 0.05) is 20.2 Å². The van der Waals surface area contributed by atoms with Crippen molar-refractivity contribution in [2.45, 2.75) is 6.54 Å². The normalized spacial score (nSPS) is 10.0. The van der Waals surface area contributed by atoms with E-state index in [1.54, 1.807) is 11.7 Å². The van der Waals surface area contributed by atoms with Gasteiger partial charge >= 0.3 is 0 Å². The zero-order valence-corrected chi connectivity index (χ0v) is 11.7. The van der Waals surface area contributed by atoms with E-state index in [-0.39, 0.29) is 11.4 Å². The summed E-state index contributed by atoms with van der Waals surface area (Å²) in [6.45, 7) is 2.02. The fourth-order valence-corrected chi connectivity index (χ4v) is 2.01. The van der Waals surface area contributed by atoms with Gasteiger partial charge in [-0.1, -0.05) is 18.2 Å². The van der Waals surface area contributed by atoms with Crippen molar-refractivity contribution in [1.82, 2.24) is 14.9 Å². The molecule has 1 N–H and O–H groups in total. The Balaban J connectivity index is 2.31. The van der Waals surface area contributed by atoms with Crippen LogP contribution in [0.1, 0.15) is 17.0 Å². The molecule has 0 unspecified atom stereocenters. The van der Waals surface area contributed by atoms with Gasteiger partial charge in [-0.3, -0.25) is 4.57 Å². The largest absolute Gasteiger partial charge is 0.383 e. The second-order valence-corrected chi connectivity index (χ2v) is 4.33. The molecule has 106 valence electrons. The fourth-order valence-electron chi connectivity index (χ4n) is 2.01. The molecule has 0 amide bonds. The molecule has 0 atom stereocenters. The molecule has 0 spiro atoms. The highest BCUT2D eigenvalue weighted by Gasteiger charge is 2.13. The van der Waals surface area contributed by atoms with Crippen molar-refractivity contribution in [2.24, 2.45) is 0 Å². The van der Waals surface area contributed by atoms with E-state index in [9.17, 15) is 5.26 Å². The van der Waals surface area contributed by atoms with Crippen LogP contribution < -0.4 is 5.32 Å². The fraction of sp³-hybridized carbons (Fsp3) is 0.267. The van der Waals surface area contributed by atoms with Gasteiger partial charge in [-0.05, 0) is 11.6 Å². The molecule has 1 aromatic carbocycles. The Hall–Kier alpha value is -2.67. The summed E-state index contributed by atoms with van der Waals surface area (Å²) in [7, 11) is 1.66. The van der Waals surface area contributed by atoms with E-state index in [0.717, 1.165) is 17.8 Å². The van der Waals surface area contributed by atoms with Gasteiger partial charge in [-0.25, -0.2) is 4.98 Å². The van der Waals surface area contributed by atoms with Crippen molar-refractivity contribution in [2.75, 3.05) is 20.3 Å². The number of benzene rings is 1. The standard InChI is InChI=1S/C15H15N5O/c1-21-7-6-18-10-12-4-2-3-5-14(12)20-11-19-13(8-16)15(20)9-17/h2-5,11,18H,6-7,10H2,1H3. The minimum atomic E-state index is 0.139. The van der Waals surface area contributed by atoms with Crippen LogP contribution in [0.4, 0.5) is 0 Å². The molecule has 0 aliphatic rings. The maximum absolute atomic E-state index is 9.22. The molecular formula is C15H15N5O. The monoisotopic (exact) mass is 281 g/mol. The Morgan fingerprint density at radius 2 is 2.10 bits per heavy atom. The van der Waals surface area contributed by atoms with E-state index in [1.165, 1.54) is 6.33 Å². The number of methoxy groups -OCH3 is 1. The summed E-state index contributed by atoms with van der Waals surface area (Å²) in [6.07, 6.45) is 1.51. The highest BCUT2D eigenvalue weighted by molar-refractivity contribution is 5.48. The second kappa shape index (κ2) is 7.20. The maximum Gasteiger partial charge on any atom is 0.177 e. The Morgan fingerprint density at radius 1 is 1.29 bits per heavy atom. The van der Waals surface area contributed by atoms with Crippen molar-refractivity contribution < 1.29 is 4.74 Å². The molecule has 0 aliphatic heterocycles. The Bertz CT molecular complexity index is 693. The zero-order valence-electron chi connectivity index (χ0n) is 11.7. The molecule has 6 heteroatoms. The first-order valence-corrected chi connectivity index (χ1v) is 6.47. The summed E-state index contributed by atoms with van der Waals surface area (Å²) < 4.78 is 6.64. The van der Waals surface area contributed by atoms with E-state index in [2.05, 4.69) is 10.3 Å². The minimum absolute atomic E-state index is 0.139. The molecule has 0 saturated carbocycles. The average Bonchev–Trinajstić information content (AvgIpc) is 2.94. The Morgan fingerprint density at radius 3 is 2.81 bits per heavy atom. The number of hydrogen-bond acceptors (Lipinski definition) is 5. The molecule has 1 heterocycles. The van der Waals surface area contributed by atoms with Crippen molar-refractivity contribution in [3.8, 4) is 17.8 Å². The van der Waals surface area contributed by atoms with Crippen molar-refractivity contribution >= 4 is 0 Å². The van der Waals surface area contributed by atoms with E-state index in [0.29, 0.717) is 13.2 Å². The van der Waals surface area contributed by atoms with Crippen LogP contribution in [-0.2, 0) is 11.3 Å². The first-order chi connectivity index (χ1) is 10.3. The van der Waals surface area contributed by atoms with Crippen LogP contribution in [0.15, 0.2) is 30.6 Å². The summed E-state index contributed by atoms with van der Waals surface area (Å²) in [4.78, 5) is 3.97. The first-order valence-electron chi connectivity index (χ1n) is 6.47. The van der Waals surface area contributed by atoms with Crippen LogP contribution in [0, 0.1) is 22.7 Å². The lowest BCUT2D eigenvalue weighted by molar-refractivity contribution is 0.199. The third-order valence-corrected chi connectivity index (χ3v) is 3.03. The van der Waals surface area contributed by atoms with Crippen LogP contribution in [0.5, 0.6) is 0 Å². The molecule has 21 heavy (non-hydrogen) atoms. The topological polar surface area (TPSA) is 86.7 Å². The summed E-state index contributed by atoms with van der Waals surface area (Å²) in [5.74, 6) is 0. The van der Waals surface area contributed by atoms with Crippen molar-refractivity contribution in [3.63, 3.8) is 0 Å². The quantitative estimate of drug-likeness (QED) is 0.808. The predicted octanol–water partition coefficient (Wildman–Crippen LogP) is 1.35. The molecule has 0 saturated heterocycles. The zero-order chi connectivity index (χ0) is 15.1. The van der Waals surface area contributed by atoms with Crippen molar-refractivity contribution in [1.29, 1.82) is 10.5 Å². The number of rotatable bonds is 6. The second-order valence-electron chi connectivity index (χ2n) is 4.33. The van der Waals surface area contributed by atoms with Gasteiger partial charge in [0.05, 0.1) is 12.3 Å². The van der Waals surface area contributed by atoms with Crippen molar-refractivity contribution in [3.05, 3.63) is 47.5 Å². The lowest BCUT2D eigenvalue weighted by Crippen LogP contribution is -2.19. The summed E-state index contributed by atoms with van der Waals surface area (Å²) >= 11 is 0. The molecule has 0 radical (unpaired) electrons. The molecule has 2 rings (SSSR count). The van der Waals surface area contributed by atoms with Crippen LogP contribution in [-0.4, -0.2) is 29.8 Å². The van der Waals surface area contributed by atoms with Crippen LogP contribution in [0.25, 0.3) is 5.69 Å². The number of ether oxygens (including phenoxy) is 1. The number of imidazole rings is 1. The molecule has 0 bridgehead atoms. The van der Waals surface area contributed by atoms with Gasteiger partial charge in [0.2, 0.25) is 0 Å². The summed E-state index contributed by atoms with van der Waals surface area (Å²) in [5.41, 5.74) is 2.25. The number of hydrogen-bond donors (Lipinski definition) is 1. The van der Waals surface area contributed by atoms with Gasteiger partial charge in [0.1, 0.15) is 18.5 Å². The van der Waals surface area contributed by atoms with Gasteiger partial charge in [0.25, 0.3) is 0 Å². The summed E-state index contributed by atoms with van der Waals surface area (Å²) in [5, 5.41) is 21.5. The first kappa shape index (κ1) is 14.7. The number of nitrogens with zero attached hydrogens (tertiary/aromatic N) is 4. The highest BCUT2D eigenvalue weighted by Crippen LogP contribution is 2.18. The van der Waals surface area contributed by atoms with Gasteiger partial charge < -0.3 is 10.1 Å². The van der Waals surface area contributed by atoms with Crippen LogP contribution >= 0.6 is 0 Å². The maximum atomic E-state index is 9.22. The molecule has 0 fully saturated rings. The highest BCUT2D eigenvalue weighted by atomic mass is 16.5. The Kier molecular flexibility index (Phi) is 5.05. The lowest BCUT2D eigenvalue weighted by atomic mass is 10.1. The van der Waals surface area contributed by atoms with E-state index in [1.807, 2.05) is 36.4 Å². The Labute approximate surface area is 123 Å². The number of nitrogens with one attached hydrogen (secondary N) is 1. The van der Waals surface area contributed by atoms with E-state index < -0.39 is 0 Å². The number of aromatic nitrogens is 2. The van der Waals surface area contributed by atoms with Gasteiger partial charge in [-0.2, -0.15) is 10.5 Å². The SMILES string of the molecule is COCCNCc1ccccc1-n1cnc(C#N)c1C#N. The molecule has 0 aliphatic carbocycles. The molecular weight excluding hydrogens is 266 g/mol. The number of para-hydroxylation sites is 1. The predicted molar refractivity (Wildman–Crippen MR) is 76.6 cm³/mol.